The van der Waals surface area contributed by atoms with Crippen LogP contribution in [0, 0.1) is 0 Å². The van der Waals surface area contributed by atoms with E-state index in [1.54, 1.807) is 19.2 Å². The zero-order valence-corrected chi connectivity index (χ0v) is 16.7. The molecule has 2 amide bonds. The van der Waals surface area contributed by atoms with Crippen molar-refractivity contribution >= 4 is 50.4 Å². The van der Waals surface area contributed by atoms with E-state index in [9.17, 15) is 9.59 Å². The van der Waals surface area contributed by atoms with E-state index in [1.165, 1.54) is 12.5 Å². The van der Waals surface area contributed by atoms with Crippen LogP contribution < -0.4 is 15.5 Å². The maximum Gasteiger partial charge on any atom is 0.294 e. The summed E-state index contributed by atoms with van der Waals surface area (Å²) in [5, 5.41) is 20.8. The molecule has 0 saturated heterocycles. The van der Waals surface area contributed by atoms with Gasteiger partial charge in [0, 0.05) is 0 Å². The Morgan fingerprint density at radius 3 is 2.96 bits per heavy atom. The number of anilines is 1. The molecule has 3 aromatic rings. The number of methoxy groups -OCH3 is 1. The summed E-state index contributed by atoms with van der Waals surface area (Å²) in [4.78, 5) is 27.5. The quantitative estimate of drug-likeness (QED) is 0.353. The van der Waals surface area contributed by atoms with Gasteiger partial charge in [0.05, 0.1) is 24.2 Å². The lowest BCUT2D eigenvalue weighted by Gasteiger charge is -2.03. The maximum absolute atomic E-state index is 12.0. The molecule has 1 aromatic carbocycles. The molecule has 0 bridgehead atoms. The number of H-pyrrole nitrogens is 1. The van der Waals surface area contributed by atoms with E-state index >= 15 is 0 Å². The molecule has 0 aliphatic heterocycles. The molecule has 144 valence electrons. The summed E-state index contributed by atoms with van der Waals surface area (Å²) >= 11 is 4.45. The van der Waals surface area contributed by atoms with Gasteiger partial charge in [0.2, 0.25) is 16.9 Å². The molecule has 0 spiro atoms. The zero-order chi connectivity index (χ0) is 19.9. The smallest absolute Gasteiger partial charge is 0.294 e. The second kappa shape index (κ2) is 9.14. The lowest BCUT2D eigenvalue weighted by atomic mass is 10.2. The molecule has 3 rings (SSSR count). The fourth-order valence-electron chi connectivity index (χ4n) is 1.97. The number of ether oxygens (including phenoxy) is 1. The Morgan fingerprint density at radius 2 is 2.25 bits per heavy atom. The van der Waals surface area contributed by atoms with Crippen LogP contribution in [0.1, 0.15) is 21.2 Å². The van der Waals surface area contributed by atoms with Crippen molar-refractivity contribution in [1.29, 1.82) is 0 Å². The fourth-order valence-corrected chi connectivity index (χ4v) is 3.26. The van der Waals surface area contributed by atoms with Crippen LogP contribution in [0.2, 0.25) is 0 Å². The summed E-state index contributed by atoms with van der Waals surface area (Å²) in [6.07, 6.45) is 2.70. The van der Waals surface area contributed by atoms with Gasteiger partial charge in [-0.05, 0) is 39.7 Å². The Morgan fingerprint density at radius 1 is 1.39 bits per heavy atom. The van der Waals surface area contributed by atoms with Crippen LogP contribution in [0.25, 0.3) is 0 Å². The van der Waals surface area contributed by atoms with Crippen LogP contribution in [0.5, 0.6) is 5.75 Å². The number of hydrazone groups is 1. The van der Waals surface area contributed by atoms with Gasteiger partial charge in [0.15, 0.2) is 0 Å². The summed E-state index contributed by atoms with van der Waals surface area (Å²) in [5.74, 6) is -0.120. The lowest BCUT2D eigenvalue weighted by Crippen LogP contribution is -2.19. The molecule has 28 heavy (non-hydrogen) atoms. The summed E-state index contributed by atoms with van der Waals surface area (Å²) < 4.78 is 5.93. The van der Waals surface area contributed by atoms with Crippen LogP contribution in [-0.4, -0.2) is 50.5 Å². The normalized spacial score (nSPS) is 10.8. The monoisotopic (exact) mass is 464 g/mol. The van der Waals surface area contributed by atoms with E-state index in [2.05, 4.69) is 57.2 Å². The molecule has 0 unspecified atom stereocenters. The zero-order valence-electron chi connectivity index (χ0n) is 14.3. The first kappa shape index (κ1) is 19.6. The van der Waals surface area contributed by atoms with Gasteiger partial charge >= 0.3 is 0 Å². The first-order valence-electron chi connectivity index (χ1n) is 7.69. The van der Waals surface area contributed by atoms with Gasteiger partial charge in [-0.3, -0.25) is 20.0 Å². The molecule has 2 heterocycles. The molecule has 0 fully saturated rings. The number of nitrogens with zero attached hydrogens (tertiary/aromatic N) is 5. The SMILES string of the molecule is COc1ccc(/C=N\NC(=O)Cc2nnc(NC(=O)c3ncn[nH]3)s2)cc1Br. The average molecular weight is 465 g/mol. The van der Waals surface area contributed by atoms with Crippen molar-refractivity contribution in [3.63, 3.8) is 0 Å². The number of nitrogens with one attached hydrogen (secondary N) is 3. The number of aromatic amines is 1. The third-order valence-corrected chi connectivity index (χ3v) is 4.67. The van der Waals surface area contributed by atoms with E-state index in [4.69, 9.17) is 4.74 Å². The second-order valence-electron chi connectivity index (χ2n) is 5.15. The maximum atomic E-state index is 12.0. The Labute approximate surface area is 170 Å². The average Bonchev–Trinajstić information content (AvgIpc) is 3.34. The fraction of sp³-hybridized carbons (Fsp3) is 0.133. The molecule has 0 aliphatic rings. The number of amides is 2. The van der Waals surface area contributed by atoms with Crippen LogP contribution >= 0.6 is 27.3 Å². The first-order chi connectivity index (χ1) is 13.5. The summed E-state index contributed by atoms with van der Waals surface area (Å²) in [7, 11) is 1.58. The molecule has 3 N–H and O–H groups in total. The van der Waals surface area contributed by atoms with Gasteiger partial charge in [-0.25, -0.2) is 10.4 Å². The van der Waals surface area contributed by atoms with Gasteiger partial charge in [0.25, 0.3) is 5.91 Å². The molecule has 13 heteroatoms. The van der Waals surface area contributed by atoms with E-state index in [0.29, 0.717) is 10.8 Å². The number of hydrogen-bond acceptors (Lipinski definition) is 9. The Kier molecular flexibility index (Phi) is 6.39. The van der Waals surface area contributed by atoms with Gasteiger partial charge in [-0.1, -0.05) is 11.3 Å². The van der Waals surface area contributed by atoms with Gasteiger partial charge < -0.3 is 4.74 Å². The molecular weight excluding hydrogens is 452 g/mol. The van der Waals surface area contributed by atoms with Crippen molar-refractivity contribution in [1.82, 2.24) is 30.8 Å². The number of benzene rings is 1. The van der Waals surface area contributed by atoms with E-state index in [0.717, 1.165) is 21.4 Å². The highest BCUT2D eigenvalue weighted by Crippen LogP contribution is 2.24. The van der Waals surface area contributed by atoms with Crippen LogP contribution in [0.4, 0.5) is 5.13 Å². The van der Waals surface area contributed by atoms with E-state index in [1.807, 2.05) is 6.07 Å². The van der Waals surface area contributed by atoms with Gasteiger partial charge in [0.1, 0.15) is 17.1 Å². The molecule has 0 aliphatic carbocycles. The summed E-state index contributed by atoms with van der Waals surface area (Å²) in [6.45, 7) is 0. The highest BCUT2D eigenvalue weighted by Gasteiger charge is 2.14. The minimum atomic E-state index is -0.500. The van der Waals surface area contributed by atoms with Gasteiger partial charge in [-0.2, -0.15) is 10.2 Å². The largest absolute Gasteiger partial charge is 0.496 e. The molecule has 2 aromatic heterocycles. The lowest BCUT2D eigenvalue weighted by molar-refractivity contribution is -0.120. The molecule has 0 atom stereocenters. The number of carbonyl (C=O) groups excluding carboxylic acids is 2. The van der Waals surface area contributed by atoms with Crippen molar-refractivity contribution in [3.8, 4) is 5.75 Å². The van der Waals surface area contributed by atoms with Crippen molar-refractivity contribution in [2.24, 2.45) is 5.10 Å². The summed E-state index contributed by atoms with van der Waals surface area (Å²) in [6, 6.07) is 5.39. The van der Waals surface area contributed by atoms with Crippen molar-refractivity contribution in [2.75, 3.05) is 12.4 Å². The number of aromatic nitrogens is 5. The Balaban J connectivity index is 1.50. The topological polar surface area (TPSA) is 147 Å². The van der Waals surface area contributed by atoms with Crippen LogP contribution in [-0.2, 0) is 11.2 Å². The Bertz CT molecular complexity index is 1000. The van der Waals surface area contributed by atoms with Crippen molar-refractivity contribution < 1.29 is 14.3 Å². The number of carbonyl (C=O) groups is 2. The van der Waals surface area contributed by atoms with Crippen LogP contribution in [0.3, 0.4) is 0 Å². The highest BCUT2D eigenvalue weighted by atomic mass is 79.9. The Hall–Kier alpha value is -3.19. The minimum Gasteiger partial charge on any atom is -0.496 e. The number of hydrogen-bond donors (Lipinski definition) is 3. The van der Waals surface area contributed by atoms with Gasteiger partial charge in [-0.15, -0.1) is 10.2 Å². The third kappa shape index (κ3) is 5.17. The molecule has 0 saturated carbocycles. The molecule has 0 radical (unpaired) electrons. The van der Waals surface area contributed by atoms with Crippen LogP contribution in [0.15, 0.2) is 34.1 Å². The third-order valence-electron chi connectivity index (χ3n) is 3.21. The summed E-state index contributed by atoms with van der Waals surface area (Å²) in [5.41, 5.74) is 3.19. The van der Waals surface area contributed by atoms with E-state index < -0.39 is 5.91 Å². The molecular formula is C15H13BrN8O3S. The second-order valence-corrected chi connectivity index (χ2v) is 7.07. The standard InChI is InChI=1S/C15H13BrN8O3S/c1-27-10-3-2-8(4-9(10)16)6-18-21-11(25)5-12-22-24-15(28-12)20-14(26)13-17-7-19-23-13/h2-4,6-7H,5H2,1H3,(H,21,25)(H,17,19,23)(H,20,24,26)/b18-6-. The number of rotatable bonds is 7. The van der Waals surface area contributed by atoms with E-state index in [-0.39, 0.29) is 23.3 Å². The molecule has 11 nitrogen and oxygen atoms in total. The predicted octanol–water partition coefficient (Wildman–Crippen LogP) is 1.37. The van der Waals surface area contributed by atoms with Crippen molar-refractivity contribution in [3.05, 3.63) is 45.4 Å². The van der Waals surface area contributed by atoms with Crippen molar-refractivity contribution in [2.45, 2.75) is 6.42 Å². The first-order valence-corrected chi connectivity index (χ1v) is 9.30. The minimum absolute atomic E-state index is 0.0283. The highest BCUT2D eigenvalue weighted by molar-refractivity contribution is 9.10. The number of halogens is 1. The predicted molar refractivity (Wildman–Crippen MR) is 104 cm³/mol.